The van der Waals surface area contributed by atoms with Crippen LogP contribution in [0.5, 0.6) is 11.5 Å². The number of aryl methyl sites for hydroxylation is 2. The Bertz CT molecular complexity index is 1250. The lowest BCUT2D eigenvalue weighted by atomic mass is 10.1. The Morgan fingerprint density at radius 3 is 2.30 bits per heavy atom. The molecule has 0 fully saturated rings. The molecule has 3 N–H and O–H groups in total. The molecule has 9 heteroatoms. The van der Waals surface area contributed by atoms with Crippen LogP contribution in [0.1, 0.15) is 29.2 Å². The van der Waals surface area contributed by atoms with Crippen molar-refractivity contribution in [2.75, 3.05) is 18.5 Å². The van der Waals surface area contributed by atoms with Gasteiger partial charge >= 0.3 is 11.8 Å². The van der Waals surface area contributed by atoms with Crippen molar-refractivity contribution in [3.05, 3.63) is 89.0 Å². The van der Waals surface area contributed by atoms with Crippen molar-refractivity contribution in [2.45, 2.75) is 27.3 Å². The van der Waals surface area contributed by atoms with Gasteiger partial charge in [-0.25, -0.2) is 5.43 Å². The van der Waals surface area contributed by atoms with Crippen LogP contribution in [0.15, 0.2) is 71.8 Å². The Morgan fingerprint density at radius 1 is 0.865 bits per heavy atom. The first-order chi connectivity index (χ1) is 17.9. The average Bonchev–Trinajstić information content (AvgIpc) is 2.89. The van der Waals surface area contributed by atoms with Crippen molar-refractivity contribution in [1.82, 2.24) is 10.7 Å². The second-order valence-corrected chi connectivity index (χ2v) is 8.11. The minimum absolute atomic E-state index is 0.199. The van der Waals surface area contributed by atoms with Gasteiger partial charge in [0.05, 0.1) is 12.8 Å². The first kappa shape index (κ1) is 26.9. The summed E-state index contributed by atoms with van der Waals surface area (Å²) in [5.74, 6) is -1.16. The van der Waals surface area contributed by atoms with E-state index in [1.807, 2.05) is 69.3 Å². The first-order valence-corrected chi connectivity index (χ1v) is 11.8. The molecule has 3 rings (SSSR count). The van der Waals surface area contributed by atoms with E-state index in [0.29, 0.717) is 23.7 Å². The van der Waals surface area contributed by atoms with E-state index in [2.05, 4.69) is 21.2 Å². The number of carbonyl (C=O) groups is 3. The zero-order chi connectivity index (χ0) is 26.6. The van der Waals surface area contributed by atoms with Crippen molar-refractivity contribution in [2.24, 2.45) is 5.10 Å². The fraction of sp³-hybridized carbons (Fsp3) is 0.214. The van der Waals surface area contributed by atoms with E-state index in [1.165, 1.54) is 6.21 Å². The maximum Gasteiger partial charge on any atom is 0.329 e. The highest BCUT2D eigenvalue weighted by molar-refractivity contribution is 6.35. The Labute approximate surface area is 215 Å². The summed E-state index contributed by atoms with van der Waals surface area (Å²) in [6.07, 6.45) is 1.38. The van der Waals surface area contributed by atoms with Crippen LogP contribution in [0.25, 0.3) is 0 Å². The summed E-state index contributed by atoms with van der Waals surface area (Å²) in [6, 6.07) is 20.0. The molecular formula is C28H30N4O5. The molecule has 0 saturated carbocycles. The number of benzene rings is 3. The lowest BCUT2D eigenvalue weighted by molar-refractivity contribution is -0.139. The number of para-hydroxylation sites is 1. The van der Waals surface area contributed by atoms with Gasteiger partial charge in [-0.05, 0) is 61.2 Å². The van der Waals surface area contributed by atoms with Crippen LogP contribution in [0.3, 0.4) is 0 Å². The van der Waals surface area contributed by atoms with Gasteiger partial charge in [0.25, 0.3) is 5.91 Å². The molecule has 0 aliphatic rings. The highest BCUT2D eigenvalue weighted by atomic mass is 16.5. The van der Waals surface area contributed by atoms with Crippen molar-refractivity contribution in [3.63, 3.8) is 0 Å². The molecule has 0 aromatic heterocycles. The summed E-state index contributed by atoms with van der Waals surface area (Å²) in [5.41, 5.74) is 6.37. The van der Waals surface area contributed by atoms with Crippen LogP contribution in [-0.4, -0.2) is 37.1 Å². The highest BCUT2D eigenvalue weighted by Gasteiger charge is 2.13. The standard InChI is InChI=1S/C28H30N4O5/c1-4-36-24-15-22(17-30-32-28(35)27(34)29-16-21-11-6-5-7-12-21)13-14-23(24)37-18-25(33)31-26-19(2)9-8-10-20(26)3/h5-15,17H,4,16,18H2,1-3H3,(H,29,34)(H,31,33)(H,32,35)/b30-17-. The number of carbonyl (C=O) groups excluding carboxylic acids is 3. The number of hydrogen-bond donors (Lipinski definition) is 3. The first-order valence-electron chi connectivity index (χ1n) is 11.8. The number of rotatable bonds is 10. The number of hydrazone groups is 1. The van der Waals surface area contributed by atoms with Gasteiger partial charge < -0.3 is 20.1 Å². The highest BCUT2D eigenvalue weighted by Crippen LogP contribution is 2.28. The molecule has 0 heterocycles. The van der Waals surface area contributed by atoms with E-state index in [4.69, 9.17) is 9.47 Å². The zero-order valence-corrected chi connectivity index (χ0v) is 21.0. The number of nitrogens with zero attached hydrogens (tertiary/aromatic N) is 1. The minimum Gasteiger partial charge on any atom is -0.490 e. The monoisotopic (exact) mass is 502 g/mol. The Hall–Kier alpha value is -4.66. The lowest BCUT2D eigenvalue weighted by Gasteiger charge is -2.14. The van der Waals surface area contributed by atoms with E-state index >= 15 is 0 Å². The van der Waals surface area contributed by atoms with Gasteiger partial charge in [0.1, 0.15) is 0 Å². The minimum atomic E-state index is -0.882. The van der Waals surface area contributed by atoms with Gasteiger partial charge in [-0.2, -0.15) is 5.10 Å². The van der Waals surface area contributed by atoms with E-state index < -0.39 is 11.8 Å². The molecule has 0 unspecified atom stereocenters. The second kappa shape index (κ2) is 13.4. The molecule has 0 radical (unpaired) electrons. The van der Waals surface area contributed by atoms with Gasteiger partial charge in [0.2, 0.25) is 0 Å². The fourth-order valence-corrected chi connectivity index (χ4v) is 3.40. The third-order valence-corrected chi connectivity index (χ3v) is 5.25. The van der Waals surface area contributed by atoms with E-state index in [0.717, 1.165) is 22.4 Å². The van der Waals surface area contributed by atoms with Gasteiger partial charge in [-0.1, -0.05) is 48.5 Å². The molecule has 3 amide bonds. The molecule has 0 atom stereocenters. The zero-order valence-electron chi connectivity index (χ0n) is 21.0. The smallest absolute Gasteiger partial charge is 0.329 e. The quantitative estimate of drug-likeness (QED) is 0.223. The van der Waals surface area contributed by atoms with Crippen LogP contribution >= 0.6 is 0 Å². The number of ether oxygens (including phenoxy) is 2. The Balaban J connectivity index is 1.54. The van der Waals surface area contributed by atoms with Crippen LogP contribution in [-0.2, 0) is 20.9 Å². The summed E-state index contributed by atoms with van der Waals surface area (Å²) in [4.78, 5) is 36.4. The molecular weight excluding hydrogens is 472 g/mol. The molecule has 9 nitrogen and oxygen atoms in total. The van der Waals surface area contributed by atoms with E-state index in [1.54, 1.807) is 18.2 Å². The summed E-state index contributed by atoms with van der Waals surface area (Å²) in [6.45, 7) is 6.09. The molecule has 192 valence electrons. The third-order valence-electron chi connectivity index (χ3n) is 5.25. The molecule has 3 aromatic carbocycles. The molecule has 0 aliphatic heterocycles. The predicted molar refractivity (Wildman–Crippen MR) is 142 cm³/mol. The van der Waals surface area contributed by atoms with Crippen molar-refractivity contribution < 1.29 is 23.9 Å². The average molecular weight is 503 g/mol. The maximum absolute atomic E-state index is 12.4. The van der Waals surface area contributed by atoms with Crippen LogP contribution in [0, 0.1) is 13.8 Å². The summed E-state index contributed by atoms with van der Waals surface area (Å²) in [5, 5.41) is 9.25. The lowest BCUT2D eigenvalue weighted by Crippen LogP contribution is -2.37. The van der Waals surface area contributed by atoms with Crippen molar-refractivity contribution in [1.29, 1.82) is 0 Å². The van der Waals surface area contributed by atoms with Crippen molar-refractivity contribution in [3.8, 4) is 11.5 Å². The van der Waals surface area contributed by atoms with Gasteiger partial charge in [0.15, 0.2) is 18.1 Å². The number of hydrogen-bond acceptors (Lipinski definition) is 6. The number of amides is 3. The summed E-state index contributed by atoms with van der Waals surface area (Å²) >= 11 is 0. The largest absolute Gasteiger partial charge is 0.490 e. The molecule has 37 heavy (non-hydrogen) atoms. The van der Waals surface area contributed by atoms with E-state index in [-0.39, 0.29) is 19.1 Å². The van der Waals surface area contributed by atoms with Gasteiger partial charge in [-0.15, -0.1) is 0 Å². The number of nitrogens with one attached hydrogen (secondary N) is 3. The number of anilines is 1. The van der Waals surface area contributed by atoms with Gasteiger partial charge in [0, 0.05) is 12.2 Å². The predicted octanol–water partition coefficient (Wildman–Crippen LogP) is 3.49. The molecule has 3 aromatic rings. The maximum atomic E-state index is 12.4. The molecule has 0 saturated heterocycles. The fourth-order valence-electron chi connectivity index (χ4n) is 3.40. The SMILES string of the molecule is CCOc1cc(/C=N\NC(=O)C(=O)NCc2ccccc2)ccc1OCC(=O)Nc1c(C)cccc1C. The molecule has 0 spiro atoms. The van der Waals surface area contributed by atoms with E-state index in [9.17, 15) is 14.4 Å². The van der Waals surface area contributed by atoms with Crippen LogP contribution in [0.4, 0.5) is 5.69 Å². The van der Waals surface area contributed by atoms with Crippen LogP contribution < -0.4 is 25.5 Å². The Kier molecular flexibility index (Phi) is 9.78. The van der Waals surface area contributed by atoms with Crippen molar-refractivity contribution >= 4 is 29.6 Å². The van der Waals surface area contributed by atoms with Crippen LogP contribution in [0.2, 0.25) is 0 Å². The third kappa shape index (κ3) is 8.21. The Morgan fingerprint density at radius 2 is 1.59 bits per heavy atom. The summed E-state index contributed by atoms with van der Waals surface area (Å²) < 4.78 is 11.3. The second-order valence-electron chi connectivity index (χ2n) is 8.11. The molecule has 0 bridgehead atoms. The normalized spacial score (nSPS) is 10.6. The topological polar surface area (TPSA) is 118 Å². The van der Waals surface area contributed by atoms with Gasteiger partial charge in [-0.3, -0.25) is 14.4 Å². The molecule has 0 aliphatic carbocycles. The summed E-state index contributed by atoms with van der Waals surface area (Å²) in [7, 11) is 0.